The molecule has 0 bridgehead atoms. The molecule has 0 saturated carbocycles. The molecule has 2 aliphatic heterocycles. The molecule has 1 aliphatic carbocycles. The minimum absolute atomic E-state index is 0.0366. The SMILES string of the molecule is COc1cc(C=C2c3ccccc3C(=O)c3ccccc32)ccc1OCCOc1cc2c(cc1C)C(=O)N1CCC[C@H]1C=N2. The molecular formula is C37H32N2O5. The number of ether oxygens (including phenoxy) is 3. The van der Waals surface area contributed by atoms with E-state index in [0.29, 0.717) is 52.8 Å². The summed E-state index contributed by atoms with van der Waals surface area (Å²) in [6.45, 7) is 3.32. The summed E-state index contributed by atoms with van der Waals surface area (Å²) in [5, 5.41) is 0. The molecule has 0 aromatic heterocycles. The molecule has 0 N–H and O–H groups in total. The molecule has 0 spiro atoms. The summed E-state index contributed by atoms with van der Waals surface area (Å²) in [6, 6.07) is 25.0. The Hall–Kier alpha value is -5.17. The Morgan fingerprint density at radius 1 is 0.818 bits per heavy atom. The van der Waals surface area contributed by atoms with Crippen LogP contribution in [0.3, 0.4) is 0 Å². The van der Waals surface area contributed by atoms with Crippen LogP contribution in [0.4, 0.5) is 5.69 Å². The van der Waals surface area contributed by atoms with Crippen molar-refractivity contribution in [3.05, 3.63) is 118 Å². The van der Waals surface area contributed by atoms with Gasteiger partial charge in [0.2, 0.25) is 0 Å². The maximum Gasteiger partial charge on any atom is 0.256 e. The highest BCUT2D eigenvalue weighted by Gasteiger charge is 2.32. The Morgan fingerprint density at radius 2 is 1.50 bits per heavy atom. The number of fused-ring (bicyclic) bond motifs is 4. The van der Waals surface area contributed by atoms with Crippen LogP contribution in [0.5, 0.6) is 17.2 Å². The van der Waals surface area contributed by atoms with Gasteiger partial charge in [0.05, 0.1) is 24.4 Å². The van der Waals surface area contributed by atoms with E-state index in [2.05, 4.69) is 11.1 Å². The number of rotatable bonds is 7. The number of carbonyl (C=O) groups is 2. The predicted molar refractivity (Wildman–Crippen MR) is 171 cm³/mol. The molecule has 2 heterocycles. The van der Waals surface area contributed by atoms with E-state index in [4.69, 9.17) is 14.2 Å². The van der Waals surface area contributed by atoms with E-state index in [1.54, 1.807) is 7.11 Å². The Bertz CT molecular complexity index is 1810. The van der Waals surface area contributed by atoms with Gasteiger partial charge in [-0.3, -0.25) is 14.6 Å². The van der Waals surface area contributed by atoms with Crippen LogP contribution in [0.15, 0.2) is 83.9 Å². The van der Waals surface area contributed by atoms with Crippen LogP contribution in [0.1, 0.15) is 61.4 Å². The van der Waals surface area contributed by atoms with Crippen molar-refractivity contribution in [3.63, 3.8) is 0 Å². The molecule has 3 aliphatic rings. The van der Waals surface area contributed by atoms with Crippen molar-refractivity contribution in [2.75, 3.05) is 26.9 Å². The van der Waals surface area contributed by atoms with E-state index < -0.39 is 0 Å². The number of aryl methyl sites for hydroxylation is 1. The zero-order valence-corrected chi connectivity index (χ0v) is 24.7. The van der Waals surface area contributed by atoms with Gasteiger partial charge in [-0.15, -0.1) is 0 Å². The normalized spacial score (nSPS) is 16.5. The van der Waals surface area contributed by atoms with Gasteiger partial charge in [0.25, 0.3) is 5.91 Å². The van der Waals surface area contributed by atoms with Crippen molar-refractivity contribution < 1.29 is 23.8 Å². The first-order valence-corrected chi connectivity index (χ1v) is 14.9. The molecule has 0 radical (unpaired) electrons. The van der Waals surface area contributed by atoms with Gasteiger partial charge in [-0.05, 0) is 71.9 Å². The highest BCUT2D eigenvalue weighted by atomic mass is 16.5. The minimum Gasteiger partial charge on any atom is -0.493 e. The molecule has 0 unspecified atom stereocenters. The van der Waals surface area contributed by atoms with Crippen molar-refractivity contribution in [3.8, 4) is 17.2 Å². The number of hydrogen-bond acceptors (Lipinski definition) is 6. The van der Waals surface area contributed by atoms with Crippen LogP contribution >= 0.6 is 0 Å². The van der Waals surface area contributed by atoms with E-state index in [1.807, 2.05) is 96.9 Å². The lowest BCUT2D eigenvalue weighted by Crippen LogP contribution is -2.35. The summed E-state index contributed by atoms with van der Waals surface area (Å²) in [4.78, 5) is 32.7. The number of hydrogen-bond donors (Lipinski definition) is 0. The fourth-order valence-electron chi connectivity index (χ4n) is 6.27. The van der Waals surface area contributed by atoms with Gasteiger partial charge in [-0.25, -0.2) is 0 Å². The van der Waals surface area contributed by atoms with Gasteiger partial charge in [0.1, 0.15) is 19.0 Å². The van der Waals surface area contributed by atoms with E-state index >= 15 is 0 Å². The van der Waals surface area contributed by atoms with E-state index in [9.17, 15) is 9.59 Å². The fraction of sp³-hybridized carbons (Fsp3) is 0.216. The molecule has 1 amide bonds. The Balaban J connectivity index is 1.06. The van der Waals surface area contributed by atoms with E-state index in [0.717, 1.165) is 47.2 Å². The molecule has 1 atom stereocenters. The van der Waals surface area contributed by atoms with Gasteiger partial charge in [0, 0.05) is 30.0 Å². The molecule has 4 aromatic rings. The minimum atomic E-state index is 0.0366. The molecule has 220 valence electrons. The van der Waals surface area contributed by atoms with Gasteiger partial charge >= 0.3 is 0 Å². The van der Waals surface area contributed by atoms with Crippen molar-refractivity contribution in [2.24, 2.45) is 4.99 Å². The zero-order valence-electron chi connectivity index (χ0n) is 24.7. The van der Waals surface area contributed by atoms with Gasteiger partial charge in [-0.1, -0.05) is 54.6 Å². The first kappa shape index (κ1) is 27.7. The first-order chi connectivity index (χ1) is 21.5. The van der Waals surface area contributed by atoms with E-state index in [1.165, 1.54) is 0 Å². The zero-order chi connectivity index (χ0) is 30.2. The largest absolute Gasteiger partial charge is 0.493 e. The van der Waals surface area contributed by atoms with Crippen LogP contribution in [-0.4, -0.2) is 55.7 Å². The second-order valence-electron chi connectivity index (χ2n) is 11.2. The predicted octanol–water partition coefficient (Wildman–Crippen LogP) is 6.92. The number of amides is 1. The second kappa shape index (κ2) is 11.5. The Labute approximate surface area is 256 Å². The topological polar surface area (TPSA) is 77.4 Å². The lowest BCUT2D eigenvalue weighted by atomic mass is 9.81. The lowest BCUT2D eigenvalue weighted by molar-refractivity contribution is 0.0774. The summed E-state index contributed by atoms with van der Waals surface area (Å²) in [7, 11) is 1.62. The van der Waals surface area contributed by atoms with Crippen LogP contribution in [0.25, 0.3) is 11.6 Å². The smallest absolute Gasteiger partial charge is 0.256 e. The fourth-order valence-corrected chi connectivity index (χ4v) is 6.27. The summed E-state index contributed by atoms with van der Waals surface area (Å²) >= 11 is 0. The van der Waals surface area contributed by atoms with E-state index in [-0.39, 0.29) is 17.7 Å². The third-order valence-corrected chi connectivity index (χ3v) is 8.49. The van der Waals surface area contributed by atoms with Crippen LogP contribution in [-0.2, 0) is 0 Å². The Morgan fingerprint density at radius 3 is 2.20 bits per heavy atom. The Kier molecular flexibility index (Phi) is 7.22. The standard InChI is InChI=1S/C37H32N2O5/c1-23-18-31-32(38-22-25-8-7-15-39(25)37(31)41)21-34(23)44-17-16-43-33-14-13-24(20-35(33)42-2)19-30-26-9-3-5-11-28(26)36(40)29-12-6-4-10-27(29)30/h3-6,9-14,18-22,25H,7-8,15-17H2,1-2H3/t25-/m0/s1. The molecule has 44 heavy (non-hydrogen) atoms. The number of methoxy groups -OCH3 is 1. The van der Waals surface area contributed by atoms with Gasteiger partial charge in [-0.2, -0.15) is 0 Å². The van der Waals surface area contributed by atoms with Crippen molar-refractivity contribution in [1.29, 1.82) is 0 Å². The lowest BCUT2D eigenvalue weighted by Gasteiger charge is -2.21. The van der Waals surface area contributed by atoms with Crippen LogP contribution in [0.2, 0.25) is 0 Å². The molecule has 7 rings (SSSR count). The maximum atomic E-state index is 13.1. The van der Waals surface area contributed by atoms with Crippen LogP contribution < -0.4 is 14.2 Å². The number of aliphatic imine (C=N–C) groups is 1. The molecule has 7 heteroatoms. The summed E-state index contributed by atoms with van der Waals surface area (Å²) in [5.41, 5.74) is 7.29. The monoisotopic (exact) mass is 584 g/mol. The van der Waals surface area contributed by atoms with Crippen molar-refractivity contribution in [2.45, 2.75) is 25.8 Å². The molecular weight excluding hydrogens is 552 g/mol. The summed E-state index contributed by atoms with van der Waals surface area (Å²) < 4.78 is 17.8. The van der Waals surface area contributed by atoms with Crippen molar-refractivity contribution >= 4 is 35.2 Å². The van der Waals surface area contributed by atoms with Gasteiger partial charge in [0.15, 0.2) is 17.3 Å². The average Bonchev–Trinajstić information content (AvgIpc) is 3.49. The highest BCUT2D eigenvalue weighted by Crippen LogP contribution is 2.38. The third-order valence-electron chi connectivity index (χ3n) is 8.49. The summed E-state index contributed by atoms with van der Waals surface area (Å²) in [5.74, 6) is 1.96. The molecule has 1 saturated heterocycles. The molecule has 7 nitrogen and oxygen atoms in total. The maximum absolute atomic E-state index is 13.1. The van der Waals surface area contributed by atoms with Gasteiger partial charge < -0.3 is 19.1 Å². The highest BCUT2D eigenvalue weighted by molar-refractivity contribution is 6.20. The number of nitrogens with zero attached hydrogens (tertiary/aromatic N) is 2. The average molecular weight is 585 g/mol. The quantitative estimate of drug-likeness (QED) is 0.194. The molecule has 4 aromatic carbocycles. The van der Waals surface area contributed by atoms with Crippen LogP contribution in [0, 0.1) is 6.92 Å². The second-order valence-corrected chi connectivity index (χ2v) is 11.2. The third kappa shape index (κ3) is 4.94. The number of carbonyl (C=O) groups excluding carboxylic acids is 2. The molecule has 1 fully saturated rings. The number of ketones is 1. The first-order valence-electron chi connectivity index (χ1n) is 14.9. The van der Waals surface area contributed by atoms with Crippen molar-refractivity contribution in [1.82, 2.24) is 4.90 Å². The summed E-state index contributed by atoms with van der Waals surface area (Å²) in [6.07, 6.45) is 5.93. The number of benzene rings is 4.